The number of nitrogens with zero attached hydrogens (tertiary/aromatic N) is 1. The number of nitrogens with one attached hydrogen (secondary N) is 2. The smallest absolute Gasteiger partial charge is 0.171 e. The number of benzene rings is 2. The zero-order chi connectivity index (χ0) is 18.7. The lowest BCUT2D eigenvalue weighted by atomic mass is 9.92. The largest absolute Gasteiger partial charge is 0.497 e. The number of rotatable bonds is 6. The van der Waals surface area contributed by atoms with E-state index in [0.29, 0.717) is 0 Å². The van der Waals surface area contributed by atoms with Gasteiger partial charge in [0.25, 0.3) is 0 Å². The predicted molar refractivity (Wildman–Crippen MR) is 113 cm³/mol. The Hall–Kier alpha value is -2.11. The molecule has 0 radical (unpaired) electrons. The lowest BCUT2D eigenvalue weighted by Gasteiger charge is -2.39. The van der Waals surface area contributed by atoms with Crippen LogP contribution >= 0.6 is 12.2 Å². The maximum absolute atomic E-state index is 5.76. The van der Waals surface area contributed by atoms with Crippen molar-refractivity contribution in [3.05, 3.63) is 65.7 Å². The summed E-state index contributed by atoms with van der Waals surface area (Å²) in [5.74, 6) is 0.888. The van der Waals surface area contributed by atoms with Crippen LogP contribution in [0.3, 0.4) is 0 Å². The van der Waals surface area contributed by atoms with Crippen molar-refractivity contribution in [1.29, 1.82) is 0 Å². The summed E-state index contributed by atoms with van der Waals surface area (Å²) < 4.78 is 5.28. The lowest BCUT2D eigenvalue weighted by Crippen LogP contribution is -2.55. The molecule has 2 aromatic carbocycles. The van der Waals surface area contributed by atoms with E-state index in [2.05, 4.69) is 58.0 Å². The second-order valence-corrected chi connectivity index (χ2v) is 7.88. The molecule has 2 aliphatic rings. The highest BCUT2D eigenvalue weighted by Crippen LogP contribution is 2.41. The van der Waals surface area contributed by atoms with Crippen molar-refractivity contribution in [2.75, 3.05) is 7.11 Å². The van der Waals surface area contributed by atoms with Crippen LogP contribution in [0.15, 0.2) is 54.6 Å². The quantitative estimate of drug-likeness (QED) is 0.744. The van der Waals surface area contributed by atoms with Crippen LogP contribution in [0.5, 0.6) is 5.75 Å². The van der Waals surface area contributed by atoms with Crippen molar-refractivity contribution in [2.45, 2.75) is 50.5 Å². The number of hydrogen-bond donors (Lipinski definition) is 2. The van der Waals surface area contributed by atoms with Crippen LogP contribution in [-0.2, 0) is 13.1 Å². The van der Waals surface area contributed by atoms with Crippen molar-refractivity contribution in [3.8, 4) is 5.75 Å². The first kappa shape index (κ1) is 18.3. The van der Waals surface area contributed by atoms with E-state index in [0.717, 1.165) is 24.0 Å². The molecule has 1 aliphatic carbocycles. The van der Waals surface area contributed by atoms with Crippen LogP contribution in [0.4, 0.5) is 0 Å². The van der Waals surface area contributed by atoms with Gasteiger partial charge in [0.2, 0.25) is 0 Å². The van der Waals surface area contributed by atoms with Gasteiger partial charge in [-0.3, -0.25) is 5.32 Å². The Morgan fingerprint density at radius 3 is 2.44 bits per heavy atom. The monoisotopic (exact) mass is 381 g/mol. The van der Waals surface area contributed by atoms with Gasteiger partial charge in [-0.15, -0.1) is 0 Å². The normalized spacial score (nSPS) is 20.9. The van der Waals surface area contributed by atoms with Gasteiger partial charge in [-0.25, -0.2) is 0 Å². The van der Waals surface area contributed by atoms with Gasteiger partial charge >= 0.3 is 0 Å². The van der Waals surface area contributed by atoms with E-state index in [1.165, 1.54) is 36.8 Å². The molecule has 1 aliphatic heterocycles. The van der Waals surface area contributed by atoms with E-state index in [1.807, 2.05) is 12.1 Å². The average molecular weight is 382 g/mol. The van der Waals surface area contributed by atoms with E-state index in [4.69, 9.17) is 17.0 Å². The summed E-state index contributed by atoms with van der Waals surface area (Å²) in [6.07, 6.45) is 5.04. The van der Waals surface area contributed by atoms with E-state index >= 15 is 0 Å². The first-order valence-electron chi connectivity index (χ1n) is 9.70. The Balaban J connectivity index is 1.51. The predicted octanol–water partition coefficient (Wildman–Crippen LogP) is 3.81. The fraction of sp³-hybridized carbons (Fsp3) is 0.409. The summed E-state index contributed by atoms with van der Waals surface area (Å²) in [7, 11) is 1.70. The van der Waals surface area contributed by atoms with Crippen molar-refractivity contribution in [3.63, 3.8) is 0 Å². The molecule has 2 fully saturated rings. The molecule has 0 amide bonds. The maximum Gasteiger partial charge on any atom is 0.171 e. The Bertz CT molecular complexity index is 772. The van der Waals surface area contributed by atoms with Gasteiger partial charge in [0.15, 0.2) is 5.11 Å². The van der Waals surface area contributed by atoms with Gasteiger partial charge in [-0.1, -0.05) is 55.3 Å². The molecule has 1 saturated heterocycles. The van der Waals surface area contributed by atoms with Crippen molar-refractivity contribution < 1.29 is 4.74 Å². The molecule has 0 bridgehead atoms. The molecule has 0 aromatic heterocycles. The zero-order valence-electron chi connectivity index (χ0n) is 15.8. The van der Waals surface area contributed by atoms with Crippen molar-refractivity contribution in [2.24, 2.45) is 0 Å². The summed E-state index contributed by atoms with van der Waals surface area (Å²) in [5, 5.41) is 8.17. The van der Waals surface area contributed by atoms with E-state index in [1.54, 1.807) is 7.11 Å². The number of thiocarbonyl (C=S) groups is 1. The molecule has 2 N–H and O–H groups in total. The van der Waals surface area contributed by atoms with Crippen molar-refractivity contribution >= 4 is 17.3 Å². The number of methoxy groups -OCH3 is 1. The van der Waals surface area contributed by atoms with Crippen LogP contribution in [0.25, 0.3) is 0 Å². The van der Waals surface area contributed by atoms with Gasteiger partial charge in [0, 0.05) is 13.1 Å². The summed E-state index contributed by atoms with van der Waals surface area (Å²) in [5.41, 5.74) is 2.62. The fourth-order valence-electron chi connectivity index (χ4n) is 4.44. The molecule has 4 nitrogen and oxygen atoms in total. The number of hydrogen-bond acceptors (Lipinski definition) is 3. The third-order valence-electron chi connectivity index (χ3n) is 5.91. The third kappa shape index (κ3) is 3.66. The molecule has 1 unspecified atom stereocenters. The molecule has 5 heteroatoms. The molecular weight excluding hydrogens is 354 g/mol. The standard InChI is InChI=1S/C22H27N3OS/c1-26-19-11-9-18(10-12-19)16-25-21(27)24-20(22(25)13-5-6-14-22)23-15-17-7-3-2-4-8-17/h2-4,7-12,20,23H,5-6,13-16H2,1H3,(H,24,27). The minimum absolute atomic E-state index is 0.0613. The summed E-state index contributed by atoms with van der Waals surface area (Å²) in [6.45, 7) is 1.68. The topological polar surface area (TPSA) is 36.5 Å². The minimum atomic E-state index is 0.0613. The Morgan fingerprint density at radius 2 is 1.78 bits per heavy atom. The third-order valence-corrected chi connectivity index (χ3v) is 6.25. The van der Waals surface area contributed by atoms with Crippen LogP contribution in [0.1, 0.15) is 36.8 Å². The first-order valence-corrected chi connectivity index (χ1v) is 10.1. The Kier molecular flexibility index (Phi) is 5.32. The van der Waals surface area contributed by atoms with Gasteiger partial charge in [0.1, 0.15) is 11.9 Å². The first-order chi connectivity index (χ1) is 13.2. The van der Waals surface area contributed by atoms with Gasteiger partial charge in [-0.2, -0.15) is 0 Å². The molecule has 1 spiro atoms. The van der Waals surface area contributed by atoms with Gasteiger partial charge in [-0.05, 0) is 48.3 Å². The molecule has 27 heavy (non-hydrogen) atoms. The van der Waals surface area contributed by atoms with Gasteiger partial charge in [0.05, 0.1) is 12.6 Å². The van der Waals surface area contributed by atoms with Crippen LogP contribution in [0.2, 0.25) is 0 Å². The molecule has 1 heterocycles. The van der Waals surface area contributed by atoms with Gasteiger partial charge < -0.3 is 15.0 Å². The highest BCUT2D eigenvalue weighted by Gasteiger charge is 2.52. The molecular formula is C22H27N3OS. The minimum Gasteiger partial charge on any atom is -0.497 e. The summed E-state index contributed by atoms with van der Waals surface area (Å²) in [6, 6.07) is 18.9. The van der Waals surface area contributed by atoms with E-state index < -0.39 is 0 Å². The Morgan fingerprint density at radius 1 is 1.07 bits per heavy atom. The highest BCUT2D eigenvalue weighted by atomic mass is 32.1. The molecule has 142 valence electrons. The average Bonchev–Trinajstić information content (AvgIpc) is 3.29. The highest BCUT2D eigenvalue weighted by molar-refractivity contribution is 7.80. The molecule has 4 rings (SSSR count). The molecule has 1 atom stereocenters. The summed E-state index contributed by atoms with van der Waals surface area (Å²) in [4.78, 5) is 2.42. The second-order valence-electron chi connectivity index (χ2n) is 7.49. The van der Waals surface area contributed by atoms with E-state index in [9.17, 15) is 0 Å². The fourth-order valence-corrected chi connectivity index (χ4v) is 4.80. The lowest BCUT2D eigenvalue weighted by molar-refractivity contribution is 0.149. The van der Waals surface area contributed by atoms with E-state index in [-0.39, 0.29) is 11.7 Å². The molecule has 2 aromatic rings. The summed E-state index contributed by atoms with van der Waals surface area (Å²) >= 11 is 5.76. The zero-order valence-corrected chi connectivity index (χ0v) is 16.6. The van der Waals surface area contributed by atoms with Crippen LogP contribution < -0.4 is 15.4 Å². The van der Waals surface area contributed by atoms with Crippen LogP contribution in [-0.4, -0.2) is 28.8 Å². The molecule has 1 saturated carbocycles. The second kappa shape index (κ2) is 7.87. The van der Waals surface area contributed by atoms with Crippen molar-refractivity contribution in [1.82, 2.24) is 15.5 Å². The van der Waals surface area contributed by atoms with Crippen LogP contribution in [0, 0.1) is 0 Å². The SMILES string of the molecule is COc1ccc(CN2C(=S)NC(NCc3ccccc3)C23CCCC3)cc1. The number of ether oxygens (including phenoxy) is 1. The Labute approximate surface area is 166 Å². The maximum atomic E-state index is 5.76.